The Morgan fingerprint density at radius 1 is 1.22 bits per heavy atom. The molecule has 18 heavy (non-hydrogen) atoms. The highest BCUT2D eigenvalue weighted by atomic mass is 32.1. The van der Waals surface area contributed by atoms with Gasteiger partial charge in [0, 0.05) is 6.04 Å². The summed E-state index contributed by atoms with van der Waals surface area (Å²) in [5.41, 5.74) is 4.24. The van der Waals surface area contributed by atoms with E-state index in [1.807, 2.05) is 0 Å². The third-order valence-electron chi connectivity index (χ3n) is 3.33. The zero-order chi connectivity index (χ0) is 12.8. The lowest BCUT2D eigenvalue weighted by Gasteiger charge is -2.16. The van der Waals surface area contributed by atoms with Crippen molar-refractivity contribution in [1.29, 1.82) is 0 Å². The topological polar surface area (TPSA) is 12.0 Å². The number of benzene rings is 1. The summed E-state index contributed by atoms with van der Waals surface area (Å²) in [7, 11) is 2.06. The Morgan fingerprint density at radius 3 is 2.78 bits per heavy atom. The standard InChI is InChI=1S/C16H21NS/c1-13-4-3-5-15(10-13)11-16(17-2)7-6-14-8-9-18-12-14/h3-5,8-10,12,16-17H,6-7,11H2,1-2H3. The maximum Gasteiger partial charge on any atom is 0.0108 e. The van der Waals surface area contributed by atoms with Crippen molar-refractivity contribution in [2.45, 2.75) is 32.2 Å². The summed E-state index contributed by atoms with van der Waals surface area (Å²) in [4.78, 5) is 0. The number of hydrogen-bond donors (Lipinski definition) is 1. The van der Waals surface area contributed by atoms with Crippen LogP contribution >= 0.6 is 11.3 Å². The summed E-state index contributed by atoms with van der Waals surface area (Å²) in [6, 6.07) is 11.6. The summed E-state index contributed by atoms with van der Waals surface area (Å²) in [5, 5.41) is 7.84. The van der Waals surface area contributed by atoms with Gasteiger partial charge in [-0.3, -0.25) is 0 Å². The van der Waals surface area contributed by atoms with Gasteiger partial charge in [0.1, 0.15) is 0 Å². The van der Waals surface area contributed by atoms with Crippen molar-refractivity contribution in [1.82, 2.24) is 5.32 Å². The second kappa shape index (κ2) is 6.72. The second-order valence-electron chi connectivity index (χ2n) is 4.85. The molecule has 0 aliphatic rings. The number of rotatable bonds is 6. The smallest absolute Gasteiger partial charge is 0.0108 e. The molecule has 2 aromatic rings. The molecule has 1 aromatic carbocycles. The van der Waals surface area contributed by atoms with Crippen molar-refractivity contribution in [3.8, 4) is 0 Å². The van der Waals surface area contributed by atoms with Crippen LogP contribution in [0, 0.1) is 6.92 Å². The largest absolute Gasteiger partial charge is 0.317 e. The van der Waals surface area contributed by atoms with Gasteiger partial charge in [0.25, 0.3) is 0 Å². The maximum atomic E-state index is 3.44. The molecule has 0 saturated heterocycles. The molecule has 1 heterocycles. The Bertz CT molecular complexity index is 462. The average Bonchev–Trinajstić information content (AvgIpc) is 2.87. The number of hydrogen-bond acceptors (Lipinski definition) is 2. The number of nitrogens with one attached hydrogen (secondary N) is 1. The Labute approximate surface area is 114 Å². The molecule has 0 spiro atoms. The molecule has 0 saturated carbocycles. The molecule has 0 bridgehead atoms. The van der Waals surface area contributed by atoms with Crippen molar-refractivity contribution in [2.75, 3.05) is 7.05 Å². The van der Waals surface area contributed by atoms with Gasteiger partial charge in [0.15, 0.2) is 0 Å². The Balaban J connectivity index is 1.89. The summed E-state index contributed by atoms with van der Waals surface area (Å²) in [6.07, 6.45) is 3.48. The average molecular weight is 259 g/mol. The molecule has 1 atom stereocenters. The van der Waals surface area contributed by atoms with Crippen LogP contribution < -0.4 is 5.32 Å². The van der Waals surface area contributed by atoms with Crippen LogP contribution in [0.25, 0.3) is 0 Å². The lowest BCUT2D eigenvalue weighted by Crippen LogP contribution is -2.28. The van der Waals surface area contributed by atoms with Crippen LogP contribution in [-0.4, -0.2) is 13.1 Å². The van der Waals surface area contributed by atoms with Gasteiger partial charge >= 0.3 is 0 Å². The fourth-order valence-corrected chi connectivity index (χ4v) is 2.95. The van der Waals surface area contributed by atoms with Crippen LogP contribution in [0.15, 0.2) is 41.1 Å². The van der Waals surface area contributed by atoms with Gasteiger partial charge in [0.2, 0.25) is 0 Å². The van der Waals surface area contributed by atoms with E-state index < -0.39 is 0 Å². The maximum absolute atomic E-state index is 3.44. The zero-order valence-corrected chi connectivity index (χ0v) is 12.0. The molecular weight excluding hydrogens is 238 g/mol. The Morgan fingerprint density at radius 2 is 2.11 bits per heavy atom. The van der Waals surface area contributed by atoms with Gasteiger partial charge in [-0.25, -0.2) is 0 Å². The first-order chi connectivity index (χ1) is 8.78. The molecule has 0 aliphatic carbocycles. The zero-order valence-electron chi connectivity index (χ0n) is 11.1. The summed E-state index contributed by atoms with van der Waals surface area (Å²) >= 11 is 1.78. The van der Waals surface area contributed by atoms with Gasteiger partial charge in [0.05, 0.1) is 0 Å². The minimum absolute atomic E-state index is 0.562. The molecule has 1 aromatic heterocycles. The summed E-state index contributed by atoms with van der Waals surface area (Å²) in [6.45, 7) is 2.16. The lowest BCUT2D eigenvalue weighted by atomic mass is 9.99. The molecule has 0 amide bonds. The third-order valence-corrected chi connectivity index (χ3v) is 4.07. The van der Waals surface area contributed by atoms with Crippen molar-refractivity contribution in [3.63, 3.8) is 0 Å². The molecule has 0 aliphatic heterocycles. The monoisotopic (exact) mass is 259 g/mol. The van der Waals surface area contributed by atoms with Gasteiger partial charge in [-0.05, 0) is 61.2 Å². The molecule has 2 rings (SSSR count). The number of thiophene rings is 1. The van der Waals surface area contributed by atoms with Crippen LogP contribution in [0.3, 0.4) is 0 Å². The van der Waals surface area contributed by atoms with E-state index in [4.69, 9.17) is 0 Å². The van der Waals surface area contributed by atoms with Crippen LogP contribution in [0.1, 0.15) is 23.1 Å². The minimum Gasteiger partial charge on any atom is -0.317 e. The van der Waals surface area contributed by atoms with E-state index >= 15 is 0 Å². The molecular formula is C16H21NS. The van der Waals surface area contributed by atoms with Crippen LogP contribution in [0.2, 0.25) is 0 Å². The molecule has 0 radical (unpaired) electrons. The van der Waals surface area contributed by atoms with Gasteiger partial charge in [-0.2, -0.15) is 11.3 Å². The molecule has 1 N–H and O–H groups in total. The SMILES string of the molecule is CNC(CCc1ccsc1)Cc1cccc(C)c1. The van der Waals surface area contributed by atoms with E-state index in [1.54, 1.807) is 11.3 Å². The normalized spacial score (nSPS) is 12.6. The third kappa shape index (κ3) is 3.97. The van der Waals surface area contributed by atoms with Gasteiger partial charge in [-0.1, -0.05) is 29.8 Å². The van der Waals surface area contributed by atoms with Crippen LogP contribution in [0.5, 0.6) is 0 Å². The minimum atomic E-state index is 0.562. The van der Waals surface area contributed by atoms with E-state index in [2.05, 4.69) is 60.4 Å². The fraction of sp³-hybridized carbons (Fsp3) is 0.375. The quantitative estimate of drug-likeness (QED) is 0.831. The van der Waals surface area contributed by atoms with Crippen LogP contribution in [-0.2, 0) is 12.8 Å². The van der Waals surface area contributed by atoms with E-state index in [1.165, 1.54) is 29.5 Å². The summed E-state index contributed by atoms with van der Waals surface area (Å²) < 4.78 is 0. The van der Waals surface area contributed by atoms with E-state index in [0.717, 1.165) is 6.42 Å². The molecule has 0 fully saturated rings. The molecule has 96 valence electrons. The van der Waals surface area contributed by atoms with Crippen LogP contribution in [0.4, 0.5) is 0 Å². The predicted octanol–water partition coefficient (Wildman–Crippen LogP) is 3.82. The Hall–Kier alpha value is -1.12. The molecule has 1 unspecified atom stereocenters. The Kier molecular flexibility index (Phi) is 4.97. The van der Waals surface area contributed by atoms with Crippen molar-refractivity contribution in [2.24, 2.45) is 0 Å². The first-order valence-electron chi connectivity index (χ1n) is 6.52. The predicted molar refractivity (Wildman–Crippen MR) is 80.4 cm³/mol. The second-order valence-corrected chi connectivity index (χ2v) is 5.63. The number of likely N-dealkylation sites (N-methyl/N-ethyl adjacent to an activating group) is 1. The summed E-state index contributed by atoms with van der Waals surface area (Å²) in [5.74, 6) is 0. The van der Waals surface area contributed by atoms with E-state index in [9.17, 15) is 0 Å². The van der Waals surface area contributed by atoms with Crippen molar-refractivity contribution in [3.05, 3.63) is 57.8 Å². The highest BCUT2D eigenvalue weighted by molar-refractivity contribution is 7.07. The number of aryl methyl sites for hydroxylation is 2. The molecule has 1 nitrogen and oxygen atoms in total. The first-order valence-corrected chi connectivity index (χ1v) is 7.46. The fourth-order valence-electron chi connectivity index (χ4n) is 2.25. The highest BCUT2D eigenvalue weighted by Crippen LogP contribution is 2.13. The van der Waals surface area contributed by atoms with E-state index in [-0.39, 0.29) is 0 Å². The highest BCUT2D eigenvalue weighted by Gasteiger charge is 2.08. The first kappa shape index (κ1) is 13.3. The van der Waals surface area contributed by atoms with Gasteiger partial charge < -0.3 is 5.32 Å². The van der Waals surface area contributed by atoms with E-state index in [0.29, 0.717) is 6.04 Å². The van der Waals surface area contributed by atoms with Crippen molar-refractivity contribution >= 4 is 11.3 Å². The molecule has 2 heteroatoms. The lowest BCUT2D eigenvalue weighted by molar-refractivity contribution is 0.520. The van der Waals surface area contributed by atoms with Crippen molar-refractivity contribution < 1.29 is 0 Å². The van der Waals surface area contributed by atoms with Gasteiger partial charge in [-0.15, -0.1) is 0 Å².